The fourth-order valence-corrected chi connectivity index (χ4v) is 2.62. The second kappa shape index (κ2) is 6.52. The van der Waals surface area contributed by atoms with Crippen molar-refractivity contribution in [3.05, 3.63) is 35.4 Å². The van der Waals surface area contributed by atoms with Crippen LogP contribution in [0.25, 0.3) is 0 Å². The number of likely N-dealkylation sites (tertiary alicyclic amines) is 1. The molecule has 0 spiro atoms. The Morgan fingerprint density at radius 1 is 1.19 bits per heavy atom. The molecule has 1 aromatic carbocycles. The van der Waals surface area contributed by atoms with E-state index in [1.165, 1.54) is 11.8 Å². The largest absolute Gasteiger partial charge is 0.480 e. The number of nitrogens with zero attached hydrogens (tertiary/aromatic N) is 1. The van der Waals surface area contributed by atoms with Gasteiger partial charge < -0.3 is 10.0 Å². The first-order valence-electron chi connectivity index (χ1n) is 7.11. The summed E-state index contributed by atoms with van der Waals surface area (Å²) in [5.74, 6) is -1.12. The third-order valence-corrected chi connectivity index (χ3v) is 3.82. The van der Waals surface area contributed by atoms with Gasteiger partial charge in [-0.25, -0.2) is 4.79 Å². The number of carbonyl (C=O) groups excluding carboxylic acids is 2. The van der Waals surface area contributed by atoms with Crippen molar-refractivity contribution in [1.29, 1.82) is 0 Å². The molecule has 1 amide bonds. The Morgan fingerprint density at radius 3 is 2.43 bits per heavy atom. The Bertz CT molecular complexity index is 550. The summed E-state index contributed by atoms with van der Waals surface area (Å²) in [5.41, 5.74) is 1.40. The summed E-state index contributed by atoms with van der Waals surface area (Å²) in [6, 6.07) is 6.16. The van der Waals surface area contributed by atoms with Crippen LogP contribution in [0.5, 0.6) is 0 Å². The number of carboxylic acid groups (broad SMARTS) is 1. The number of ketones is 1. The van der Waals surface area contributed by atoms with Crippen LogP contribution in [0.15, 0.2) is 24.3 Å². The lowest BCUT2D eigenvalue weighted by molar-refractivity contribution is -0.151. The van der Waals surface area contributed by atoms with Gasteiger partial charge in [0.15, 0.2) is 5.78 Å². The van der Waals surface area contributed by atoms with E-state index in [2.05, 4.69) is 0 Å². The van der Waals surface area contributed by atoms with Crippen LogP contribution in [-0.4, -0.2) is 40.3 Å². The number of carbonyl (C=O) groups is 3. The molecule has 5 heteroatoms. The Hall–Kier alpha value is -2.17. The molecule has 1 fully saturated rings. The van der Waals surface area contributed by atoms with Gasteiger partial charge in [-0.05, 0) is 31.7 Å². The van der Waals surface area contributed by atoms with Gasteiger partial charge in [-0.3, -0.25) is 9.59 Å². The molecule has 1 heterocycles. The summed E-state index contributed by atoms with van der Waals surface area (Å²) in [6.45, 7) is 1.99. The number of carboxylic acids is 1. The van der Waals surface area contributed by atoms with Crippen molar-refractivity contribution in [1.82, 2.24) is 4.90 Å². The van der Waals surface area contributed by atoms with Gasteiger partial charge in [0.2, 0.25) is 5.91 Å². The first-order valence-corrected chi connectivity index (χ1v) is 7.11. The molecule has 1 aliphatic heterocycles. The van der Waals surface area contributed by atoms with E-state index in [1.807, 2.05) is 0 Å². The molecule has 5 nitrogen and oxygen atoms in total. The van der Waals surface area contributed by atoms with Gasteiger partial charge in [0, 0.05) is 12.1 Å². The fraction of sp³-hybridized carbons (Fsp3) is 0.438. The summed E-state index contributed by atoms with van der Waals surface area (Å²) in [5, 5.41) is 9.19. The molecule has 0 radical (unpaired) electrons. The Balaban J connectivity index is 2.05. The molecule has 0 bridgehead atoms. The number of piperidine rings is 1. The summed E-state index contributed by atoms with van der Waals surface area (Å²) in [6.07, 6.45) is 2.37. The minimum Gasteiger partial charge on any atom is -0.480 e. The maximum atomic E-state index is 12.3. The van der Waals surface area contributed by atoms with E-state index in [0.717, 1.165) is 18.4 Å². The van der Waals surface area contributed by atoms with E-state index >= 15 is 0 Å². The van der Waals surface area contributed by atoms with Crippen molar-refractivity contribution in [2.75, 3.05) is 6.54 Å². The van der Waals surface area contributed by atoms with Crippen molar-refractivity contribution in [2.45, 2.75) is 38.6 Å². The zero-order valence-electron chi connectivity index (χ0n) is 12.0. The van der Waals surface area contributed by atoms with Crippen LogP contribution in [0.2, 0.25) is 0 Å². The molecule has 0 aromatic heterocycles. The van der Waals surface area contributed by atoms with E-state index in [1.54, 1.807) is 24.3 Å². The highest BCUT2D eigenvalue weighted by atomic mass is 16.4. The van der Waals surface area contributed by atoms with Gasteiger partial charge in [0.1, 0.15) is 6.04 Å². The quantitative estimate of drug-likeness (QED) is 0.859. The Kier molecular flexibility index (Phi) is 4.73. The van der Waals surface area contributed by atoms with Crippen LogP contribution >= 0.6 is 0 Å². The van der Waals surface area contributed by atoms with Crippen LogP contribution < -0.4 is 0 Å². The van der Waals surface area contributed by atoms with Crippen molar-refractivity contribution in [2.24, 2.45) is 0 Å². The molecule has 1 unspecified atom stereocenters. The molecule has 1 saturated heterocycles. The number of amides is 1. The lowest BCUT2D eigenvalue weighted by Crippen LogP contribution is -2.48. The number of aliphatic carboxylic acids is 1. The van der Waals surface area contributed by atoms with Crippen LogP contribution in [0.4, 0.5) is 0 Å². The molecule has 21 heavy (non-hydrogen) atoms. The first kappa shape index (κ1) is 15.2. The lowest BCUT2D eigenvalue weighted by Gasteiger charge is -2.33. The third-order valence-electron chi connectivity index (χ3n) is 3.82. The number of hydrogen-bond donors (Lipinski definition) is 1. The summed E-state index contributed by atoms with van der Waals surface area (Å²) in [7, 11) is 0. The van der Waals surface area contributed by atoms with E-state index in [-0.39, 0.29) is 18.1 Å². The summed E-state index contributed by atoms with van der Waals surface area (Å²) >= 11 is 0. The highest BCUT2D eigenvalue weighted by Gasteiger charge is 2.31. The Labute approximate surface area is 123 Å². The zero-order valence-corrected chi connectivity index (χ0v) is 12.0. The fourth-order valence-electron chi connectivity index (χ4n) is 2.62. The van der Waals surface area contributed by atoms with Gasteiger partial charge in [-0.15, -0.1) is 0 Å². The van der Waals surface area contributed by atoms with Crippen LogP contribution in [0.3, 0.4) is 0 Å². The maximum absolute atomic E-state index is 12.3. The summed E-state index contributed by atoms with van der Waals surface area (Å²) < 4.78 is 0. The molecule has 1 aliphatic rings. The molecule has 1 N–H and O–H groups in total. The van der Waals surface area contributed by atoms with Gasteiger partial charge in [-0.1, -0.05) is 24.3 Å². The maximum Gasteiger partial charge on any atom is 0.326 e. The second-order valence-corrected chi connectivity index (χ2v) is 5.37. The number of benzene rings is 1. The minimum absolute atomic E-state index is 0.0187. The minimum atomic E-state index is -0.935. The van der Waals surface area contributed by atoms with Crippen molar-refractivity contribution < 1.29 is 19.5 Å². The highest BCUT2D eigenvalue weighted by Crippen LogP contribution is 2.19. The van der Waals surface area contributed by atoms with Gasteiger partial charge in [0.05, 0.1) is 6.42 Å². The monoisotopic (exact) mass is 289 g/mol. The smallest absolute Gasteiger partial charge is 0.326 e. The average Bonchev–Trinajstić information content (AvgIpc) is 2.47. The zero-order chi connectivity index (χ0) is 15.4. The predicted octanol–water partition coefficient (Wildman–Crippen LogP) is 1.90. The van der Waals surface area contributed by atoms with Crippen LogP contribution in [0.1, 0.15) is 42.1 Å². The molecule has 1 atom stereocenters. The third kappa shape index (κ3) is 3.68. The topological polar surface area (TPSA) is 74.7 Å². The number of rotatable bonds is 4. The molecular formula is C16H19NO4. The number of Topliss-reactive ketones (excluding diaryl/α,β-unsaturated/α-hetero) is 1. The SMILES string of the molecule is CC(=O)c1ccc(CC(=O)N2CCCCC2C(=O)O)cc1. The molecule has 0 saturated carbocycles. The molecule has 1 aromatic rings. The molecule has 112 valence electrons. The molecule has 0 aliphatic carbocycles. The molecular weight excluding hydrogens is 270 g/mol. The first-order chi connectivity index (χ1) is 9.99. The van der Waals surface area contributed by atoms with E-state index in [9.17, 15) is 19.5 Å². The van der Waals surface area contributed by atoms with Gasteiger partial charge in [0.25, 0.3) is 0 Å². The highest BCUT2D eigenvalue weighted by molar-refractivity contribution is 5.94. The standard InChI is InChI=1S/C16H19NO4/c1-11(18)13-7-5-12(6-8-13)10-15(19)17-9-3-2-4-14(17)16(20)21/h5-8,14H,2-4,9-10H2,1H3,(H,20,21). The lowest BCUT2D eigenvalue weighted by atomic mass is 10.0. The van der Waals surface area contributed by atoms with Gasteiger partial charge in [-0.2, -0.15) is 0 Å². The number of hydrogen-bond acceptors (Lipinski definition) is 3. The van der Waals surface area contributed by atoms with Crippen LogP contribution in [-0.2, 0) is 16.0 Å². The second-order valence-electron chi connectivity index (χ2n) is 5.37. The predicted molar refractivity (Wildman–Crippen MR) is 77.1 cm³/mol. The van der Waals surface area contributed by atoms with E-state index in [0.29, 0.717) is 18.5 Å². The van der Waals surface area contributed by atoms with Crippen molar-refractivity contribution in [3.63, 3.8) is 0 Å². The van der Waals surface area contributed by atoms with Crippen molar-refractivity contribution >= 4 is 17.7 Å². The molecule has 2 rings (SSSR count). The van der Waals surface area contributed by atoms with Crippen molar-refractivity contribution in [3.8, 4) is 0 Å². The van der Waals surface area contributed by atoms with E-state index in [4.69, 9.17) is 0 Å². The van der Waals surface area contributed by atoms with Gasteiger partial charge >= 0.3 is 5.97 Å². The van der Waals surface area contributed by atoms with Crippen LogP contribution in [0, 0.1) is 0 Å². The normalized spacial score (nSPS) is 18.3. The van der Waals surface area contributed by atoms with E-state index < -0.39 is 12.0 Å². The summed E-state index contributed by atoms with van der Waals surface area (Å²) in [4.78, 5) is 36.2. The average molecular weight is 289 g/mol. The Morgan fingerprint density at radius 2 is 1.86 bits per heavy atom.